The van der Waals surface area contributed by atoms with Crippen LogP contribution in [0.3, 0.4) is 0 Å². The number of imide groups is 1. The normalized spacial score (nSPS) is 17.4. The average molecular weight is 435 g/mol. The zero-order valence-electron chi connectivity index (χ0n) is 19.4. The first-order chi connectivity index (χ1) is 15.3. The number of benzene rings is 2. The van der Waals surface area contributed by atoms with Crippen molar-refractivity contribution >= 4 is 23.1 Å². The summed E-state index contributed by atoms with van der Waals surface area (Å²) in [6.45, 7) is 7.80. The lowest BCUT2D eigenvalue weighted by molar-refractivity contribution is -0.120. The van der Waals surface area contributed by atoms with Crippen LogP contribution in [0.15, 0.2) is 42.1 Å². The van der Waals surface area contributed by atoms with Gasteiger partial charge in [0.05, 0.1) is 25.5 Å². The SMILES string of the molecule is COc1ccc(OC)c(N2C(=O)C(c3ccc(C)c(C)c3)=C(N3CCC(C)CC3)C2=O)c1. The molecule has 1 saturated heterocycles. The van der Waals surface area contributed by atoms with Gasteiger partial charge >= 0.3 is 0 Å². The van der Waals surface area contributed by atoms with E-state index in [2.05, 4.69) is 11.8 Å². The predicted molar refractivity (Wildman–Crippen MR) is 125 cm³/mol. The van der Waals surface area contributed by atoms with Crippen molar-refractivity contribution in [1.29, 1.82) is 0 Å². The third-order valence-electron chi connectivity index (χ3n) is 6.58. The van der Waals surface area contributed by atoms with E-state index in [0.717, 1.165) is 42.6 Å². The number of anilines is 1. The molecule has 0 N–H and O–H groups in total. The summed E-state index contributed by atoms with van der Waals surface area (Å²) in [5, 5.41) is 0. The number of methoxy groups -OCH3 is 2. The highest BCUT2D eigenvalue weighted by Crippen LogP contribution is 2.41. The third kappa shape index (κ3) is 3.74. The Morgan fingerprint density at radius 1 is 0.875 bits per heavy atom. The van der Waals surface area contributed by atoms with Crippen molar-refractivity contribution in [1.82, 2.24) is 4.90 Å². The molecule has 2 heterocycles. The third-order valence-corrected chi connectivity index (χ3v) is 6.58. The number of carbonyl (C=O) groups excluding carboxylic acids is 2. The van der Waals surface area contributed by atoms with E-state index < -0.39 is 0 Å². The number of ether oxygens (including phenoxy) is 2. The van der Waals surface area contributed by atoms with Crippen LogP contribution in [0.5, 0.6) is 11.5 Å². The number of aryl methyl sites for hydroxylation is 2. The van der Waals surface area contributed by atoms with Gasteiger partial charge in [-0.15, -0.1) is 0 Å². The second kappa shape index (κ2) is 8.69. The number of carbonyl (C=O) groups is 2. The lowest BCUT2D eigenvalue weighted by Gasteiger charge is -2.32. The molecule has 6 nitrogen and oxygen atoms in total. The highest BCUT2D eigenvalue weighted by atomic mass is 16.5. The molecule has 0 saturated carbocycles. The van der Waals surface area contributed by atoms with Crippen molar-refractivity contribution in [2.24, 2.45) is 5.92 Å². The van der Waals surface area contributed by atoms with Crippen LogP contribution in [0.1, 0.15) is 36.5 Å². The highest BCUT2D eigenvalue weighted by molar-refractivity contribution is 6.45. The van der Waals surface area contributed by atoms with Crippen LogP contribution in [-0.2, 0) is 9.59 Å². The van der Waals surface area contributed by atoms with Crippen molar-refractivity contribution in [2.45, 2.75) is 33.6 Å². The maximum Gasteiger partial charge on any atom is 0.282 e. The zero-order chi connectivity index (χ0) is 23.0. The lowest BCUT2D eigenvalue weighted by Crippen LogP contribution is -2.38. The Hall–Kier alpha value is -3.28. The van der Waals surface area contributed by atoms with E-state index >= 15 is 0 Å². The Morgan fingerprint density at radius 2 is 1.59 bits per heavy atom. The Bertz CT molecular complexity index is 1100. The van der Waals surface area contributed by atoms with Gasteiger partial charge in [0.1, 0.15) is 17.2 Å². The molecule has 0 aliphatic carbocycles. The molecule has 32 heavy (non-hydrogen) atoms. The van der Waals surface area contributed by atoms with Crippen LogP contribution in [0, 0.1) is 19.8 Å². The van der Waals surface area contributed by atoms with Crippen molar-refractivity contribution in [3.63, 3.8) is 0 Å². The quantitative estimate of drug-likeness (QED) is 0.656. The molecular weight excluding hydrogens is 404 g/mol. The number of likely N-dealkylation sites (tertiary alicyclic amines) is 1. The first-order valence-electron chi connectivity index (χ1n) is 11.0. The fraction of sp³-hybridized carbons (Fsp3) is 0.385. The molecule has 2 aromatic rings. The molecule has 0 atom stereocenters. The summed E-state index contributed by atoms with van der Waals surface area (Å²) in [5.41, 5.74) is 4.32. The number of nitrogens with zero attached hydrogens (tertiary/aromatic N) is 2. The molecule has 4 rings (SSSR count). The molecule has 0 bridgehead atoms. The van der Waals surface area contributed by atoms with Gasteiger partial charge in [-0.3, -0.25) is 9.59 Å². The molecule has 168 valence electrons. The first-order valence-corrected chi connectivity index (χ1v) is 11.0. The van der Waals surface area contributed by atoms with Gasteiger partial charge in [-0.05, 0) is 61.4 Å². The molecular formula is C26H30N2O4. The van der Waals surface area contributed by atoms with Gasteiger partial charge < -0.3 is 14.4 Å². The van der Waals surface area contributed by atoms with E-state index in [-0.39, 0.29) is 11.8 Å². The van der Waals surface area contributed by atoms with Gasteiger partial charge in [0.2, 0.25) is 0 Å². The second-order valence-corrected chi connectivity index (χ2v) is 8.68. The molecule has 0 spiro atoms. The summed E-state index contributed by atoms with van der Waals surface area (Å²) < 4.78 is 10.8. The lowest BCUT2D eigenvalue weighted by atomic mass is 9.96. The Morgan fingerprint density at radius 3 is 2.22 bits per heavy atom. The van der Waals surface area contributed by atoms with Crippen LogP contribution in [-0.4, -0.2) is 44.0 Å². The Labute approximate surface area is 189 Å². The number of hydrogen-bond acceptors (Lipinski definition) is 5. The Kier molecular flexibility index (Phi) is 5.96. The largest absolute Gasteiger partial charge is 0.497 e. The van der Waals surface area contributed by atoms with E-state index in [4.69, 9.17) is 9.47 Å². The van der Waals surface area contributed by atoms with E-state index in [0.29, 0.717) is 34.4 Å². The minimum atomic E-state index is -0.335. The summed E-state index contributed by atoms with van der Waals surface area (Å²) in [5.74, 6) is 0.955. The molecule has 2 amide bonds. The number of hydrogen-bond donors (Lipinski definition) is 0. The van der Waals surface area contributed by atoms with Crippen molar-refractivity contribution in [3.05, 3.63) is 58.8 Å². The molecule has 2 aliphatic heterocycles. The minimum absolute atomic E-state index is 0.315. The number of amides is 2. The molecule has 2 aliphatic rings. The van der Waals surface area contributed by atoms with Gasteiger partial charge in [-0.25, -0.2) is 4.90 Å². The minimum Gasteiger partial charge on any atom is -0.497 e. The molecule has 0 unspecified atom stereocenters. The highest BCUT2D eigenvalue weighted by Gasteiger charge is 2.44. The van der Waals surface area contributed by atoms with Crippen LogP contribution < -0.4 is 14.4 Å². The maximum atomic E-state index is 13.8. The van der Waals surface area contributed by atoms with Crippen LogP contribution in [0.4, 0.5) is 5.69 Å². The monoisotopic (exact) mass is 434 g/mol. The summed E-state index contributed by atoms with van der Waals surface area (Å²) in [4.78, 5) is 30.9. The van der Waals surface area contributed by atoms with Crippen LogP contribution in [0.25, 0.3) is 5.57 Å². The van der Waals surface area contributed by atoms with E-state index in [1.165, 1.54) is 12.0 Å². The van der Waals surface area contributed by atoms with Crippen molar-refractivity contribution < 1.29 is 19.1 Å². The maximum absolute atomic E-state index is 13.8. The fourth-order valence-corrected chi connectivity index (χ4v) is 4.39. The molecule has 2 aromatic carbocycles. The van der Waals surface area contributed by atoms with Gasteiger partial charge in [-0.1, -0.05) is 25.1 Å². The standard InChI is InChI=1S/C26H30N2O4/c1-16-10-12-27(13-11-16)24-23(19-7-6-17(2)18(3)14-19)25(29)28(26(24)30)21-15-20(31-4)8-9-22(21)32-5/h6-9,14-16H,10-13H2,1-5H3. The number of rotatable bonds is 5. The summed E-state index contributed by atoms with van der Waals surface area (Å²) in [6.07, 6.45) is 1.99. The molecule has 0 radical (unpaired) electrons. The smallest absolute Gasteiger partial charge is 0.282 e. The summed E-state index contributed by atoms with van der Waals surface area (Å²) >= 11 is 0. The molecule has 6 heteroatoms. The van der Waals surface area contributed by atoms with E-state index in [1.54, 1.807) is 25.3 Å². The topological polar surface area (TPSA) is 59.1 Å². The van der Waals surface area contributed by atoms with Gasteiger partial charge in [0, 0.05) is 19.2 Å². The van der Waals surface area contributed by atoms with E-state index in [1.807, 2.05) is 32.0 Å². The van der Waals surface area contributed by atoms with Gasteiger partial charge in [0.15, 0.2) is 0 Å². The predicted octanol–water partition coefficient (Wildman–Crippen LogP) is 4.34. The van der Waals surface area contributed by atoms with Crippen molar-refractivity contribution in [2.75, 3.05) is 32.2 Å². The average Bonchev–Trinajstić information content (AvgIpc) is 3.05. The van der Waals surface area contributed by atoms with Crippen molar-refractivity contribution in [3.8, 4) is 11.5 Å². The van der Waals surface area contributed by atoms with E-state index in [9.17, 15) is 9.59 Å². The number of piperidine rings is 1. The van der Waals surface area contributed by atoms with Gasteiger partial charge in [0.25, 0.3) is 11.8 Å². The van der Waals surface area contributed by atoms with Crippen LogP contribution in [0.2, 0.25) is 0 Å². The van der Waals surface area contributed by atoms with Gasteiger partial charge in [-0.2, -0.15) is 0 Å². The zero-order valence-corrected chi connectivity index (χ0v) is 19.4. The first kappa shape index (κ1) is 21.9. The van der Waals surface area contributed by atoms with Crippen LogP contribution >= 0.6 is 0 Å². The summed E-state index contributed by atoms with van der Waals surface area (Å²) in [6, 6.07) is 11.1. The fourth-order valence-electron chi connectivity index (χ4n) is 4.39. The Balaban J connectivity index is 1.86. The molecule has 0 aromatic heterocycles. The second-order valence-electron chi connectivity index (χ2n) is 8.68. The summed E-state index contributed by atoms with van der Waals surface area (Å²) in [7, 11) is 3.08. The molecule has 1 fully saturated rings.